The first-order chi connectivity index (χ1) is 14.8. The Kier molecular flexibility index (Phi) is 5.95. The number of likely N-dealkylation sites (tertiary alicyclic amines) is 1. The molecule has 2 saturated heterocycles. The number of amides is 1. The summed E-state index contributed by atoms with van der Waals surface area (Å²) in [4.78, 5) is 18.6. The van der Waals surface area contributed by atoms with E-state index < -0.39 is 5.60 Å². The summed E-state index contributed by atoms with van der Waals surface area (Å²) in [6.07, 6.45) is 2.61. The van der Waals surface area contributed by atoms with Crippen LogP contribution in [0, 0.1) is 5.41 Å². The van der Waals surface area contributed by atoms with Crippen molar-refractivity contribution in [3.05, 3.63) is 29.6 Å². The molecule has 0 aliphatic carbocycles. The van der Waals surface area contributed by atoms with Gasteiger partial charge in [0, 0.05) is 56.6 Å². The third kappa shape index (κ3) is 5.04. The van der Waals surface area contributed by atoms with Crippen LogP contribution in [0.2, 0.25) is 0 Å². The van der Waals surface area contributed by atoms with Crippen LogP contribution in [0.5, 0.6) is 0 Å². The number of aromatic nitrogens is 2. The van der Waals surface area contributed by atoms with Crippen LogP contribution in [0.1, 0.15) is 52.3 Å². The highest BCUT2D eigenvalue weighted by Gasteiger charge is 2.30. The van der Waals surface area contributed by atoms with E-state index in [2.05, 4.69) is 20.8 Å². The van der Waals surface area contributed by atoms with Gasteiger partial charge in [0.2, 0.25) is 0 Å². The van der Waals surface area contributed by atoms with Crippen molar-refractivity contribution < 1.29 is 15.5 Å². The molecule has 9 nitrogen and oxygen atoms in total. The van der Waals surface area contributed by atoms with Gasteiger partial charge in [0.1, 0.15) is 5.60 Å². The lowest BCUT2D eigenvalue weighted by Crippen LogP contribution is -2.51. The molecule has 0 unspecified atom stereocenters. The molecule has 4 rings (SSSR count). The van der Waals surface area contributed by atoms with E-state index in [0.29, 0.717) is 30.8 Å². The van der Waals surface area contributed by atoms with Crippen molar-refractivity contribution in [3.63, 3.8) is 0 Å². The minimum Gasteiger partial charge on any atom is -0.444 e. The number of anilines is 1. The van der Waals surface area contributed by atoms with Crippen molar-refractivity contribution in [2.45, 2.75) is 51.2 Å². The summed E-state index contributed by atoms with van der Waals surface area (Å²) in [7, 11) is 0. The molecule has 31 heavy (non-hydrogen) atoms. The maximum Gasteiger partial charge on any atom is 0.410 e. The van der Waals surface area contributed by atoms with Crippen molar-refractivity contribution in [2.24, 2.45) is 0 Å². The molecule has 3 heterocycles. The SMILES string of the molecule is CC(C)(C)OC(=O)N1CCC(c2noc(-c3ccc(C=N)c(NC4CNC4)c3)n2)CC1.[HH]. The number of benzene rings is 1. The first-order valence-electron chi connectivity index (χ1n) is 10.8. The quantitative estimate of drug-likeness (QED) is 0.624. The number of carbonyl (C=O) groups excluding carboxylic acids is 1. The third-order valence-electron chi connectivity index (χ3n) is 5.55. The zero-order valence-corrected chi connectivity index (χ0v) is 18.3. The summed E-state index contributed by atoms with van der Waals surface area (Å²) in [5, 5.41) is 18.5. The van der Waals surface area contributed by atoms with Crippen LogP contribution in [-0.4, -0.2) is 65.2 Å². The molecule has 0 saturated carbocycles. The Balaban J connectivity index is 0.00000289. The zero-order chi connectivity index (χ0) is 22.0. The van der Waals surface area contributed by atoms with Crippen molar-refractivity contribution >= 4 is 18.0 Å². The largest absolute Gasteiger partial charge is 0.444 e. The number of piperidine rings is 1. The van der Waals surface area contributed by atoms with Crippen molar-refractivity contribution in [1.82, 2.24) is 20.4 Å². The summed E-state index contributed by atoms with van der Waals surface area (Å²) >= 11 is 0. The Labute approximate surface area is 183 Å². The standard InChI is InChI=1S/C22H30N6O3.H2/c1-22(2,3)30-21(29)28-8-6-14(7-9-28)19-26-20(31-27-19)15-4-5-16(11-23)18(10-15)25-17-12-24-13-17;/h4-5,10-11,14,17,23-25H,6-9,12-13H2,1-3H3;1H. The number of ether oxygens (including phenoxy) is 1. The smallest absolute Gasteiger partial charge is 0.410 e. The van der Waals surface area contributed by atoms with E-state index in [1.165, 1.54) is 6.21 Å². The molecule has 2 fully saturated rings. The minimum atomic E-state index is -0.493. The van der Waals surface area contributed by atoms with Gasteiger partial charge in [-0.25, -0.2) is 4.79 Å². The van der Waals surface area contributed by atoms with Crippen molar-refractivity contribution in [1.29, 1.82) is 5.41 Å². The number of nitrogens with zero attached hydrogens (tertiary/aromatic N) is 3. The highest BCUT2D eigenvalue weighted by Crippen LogP contribution is 2.30. The molecule has 3 N–H and O–H groups in total. The van der Waals surface area contributed by atoms with Gasteiger partial charge in [0.05, 0.1) is 6.04 Å². The van der Waals surface area contributed by atoms with Gasteiger partial charge in [-0.1, -0.05) is 11.2 Å². The summed E-state index contributed by atoms with van der Waals surface area (Å²) in [5.74, 6) is 1.29. The summed E-state index contributed by atoms with van der Waals surface area (Å²) < 4.78 is 11.0. The summed E-state index contributed by atoms with van der Waals surface area (Å²) in [6.45, 7) is 8.66. The van der Waals surface area contributed by atoms with Crippen LogP contribution in [0.25, 0.3) is 11.5 Å². The predicted octanol–water partition coefficient (Wildman–Crippen LogP) is 3.48. The Morgan fingerprint density at radius 3 is 2.71 bits per heavy atom. The Hall–Kier alpha value is -2.94. The molecular weight excluding hydrogens is 396 g/mol. The molecule has 2 aliphatic rings. The average molecular weight is 429 g/mol. The van der Waals surface area contributed by atoms with E-state index in [1.807, 2.05) is 39.0 Å². The molecule has 168 valence electrons. The van der Waals surface area contributed by atoms with Gasteiger partial charge in [-0.15, -0.1) is 0 Å². The van der Waals surface area contributed by atoms with E-state index in [0.717, 1.165) is 42.7 Å². The van der Waals surface area contributed by atoms with Gasteiger partial charge >= 0.3 is 6.09 Å². The lowest BCUT2D eigenvalue weighted by atomic mass is 9.96. The van der Waals surface area contributed by atoms with Gasteiger partial charge in [0.15, 0.2) is 5.82 Å². The third-order valence-corrected chi connectivity index (χ3v) is 5.55. The predicted molar refractivity (Wildman–Crippen MR) is 120 cm³/mol. The topological polar surface area (TPSA) is 116 Å². The Morgan fingerprint density at radius 2 is 2.10 bits per heavy atom. The number of rotatable bonds is 5. The molecule has 0 radical (unpaired) electrons. The van der Waals surface area contributed by atoms with Crippen LogP contribution in [0.15, 0.2) is 22.7 Å². The normalized spacial score (nSPS) is 17.8. The fourth-order valence-electron chi connectivity index (χ4n) is 3.72. The number of nitrogens with one attached hydrogen (secondary N) is 3. The minimum absolute atomic E-state index is 0. The number of hydrogen-bond acceptors (Lipinski definition) is 8. The fourth-order valence-corrected chi connectivity index (χ4v) is 3.72. The number of carbonyl (C=O) groups is 1. The molecule has 1 amide bonds. The van der Waals surface area contributed by atoms with Gasteiger partial charge < -0.3 is 30.2 Å². The average Bonchev–Trinajstić information content (AvgIpc) is 3.19. The first kappa shape index (κ1) is 21.3. The van der Waals surface area contributed by atoms with E-state index in [4.69, 9.17) is 14.7 Å². The second-order valence-electron chi connectivity index (χ2n) is 9.15. The van der Waals surface area contributed by atoms with Crippen molar-refractivity contribution in [2.75, 3.05) is 31.5 Å². The maximum absolute atomic E-state index is 12.3. The van der Waals surface area contributed by atoms with Crippen molar-refractivity contribution in [3.8, 4) is 11.5 Å². The summed E-state index contributed by atoms with van der Waals surface area (Å²) in [5.41, 5.74) is 2.05. The molecular formula is C22H32N6O3. The van der Waals surface area contributed by atoms with E-state index >= 15 is 0 Å². The second-order valence-corrected chi connectivity index (χ2v) is 9.15. The molecule has 1 aromatic heterocycles. The van der Waals surface area contributed by atoms with Crippen LogP contribution in [0.4, 0.5) is 10.5 Å². The molecule has 0 spiro atoms. The van der Waals surface area contributed by atoms with Gasteiger partial charge in [-0.05, 0) is 45.7 Å². The molecule has 1 aromatic carbocycles. The van der Waals surface area contributed by atoms with Gasteiger partial charge in [-0.3, -0.25) is 0 Å². The van der Waals surface area contributed by atoms with E-state index in [9.17, 15) is 4.79 Å². The Morgan fingerprint density at radius 1 is 1.35 bits per heavy atom. The van der Waals surface area contributed by atoms with Crippen LogP contribution >= 0.6 is 0 Å². The summed E-state index contributed by atoms with van der Waals surface area (Å²) in [6, 6.07) is 6.11. The van der Waals surface area contributed by atoms with Crippen LogP contribution in [0.3, 0.4) is 0 Å². The molecule has 9 heteroatoms. The van der Waals surface area contributed by atoms with Crippen LogP contribution in [-0.2, 0) is 4.74 Å². The number of hydrogen-bond donors (Lipinski definition) is 3. The molecule has 2 aliphatic heterocycles. The first-order valence-corrected chi connectivity index (χ1v) is 10.8. The zero-order valence-electron chi connectivity index (χ0n) is 18.3. The highest BCUT2D eigenvalue weighted by molar-refractivity contribution is 5.87. The molecule has 2 aromatic rings. The monoisotopic (exact) mass is 428 g/mol. The maximum atomic E-state index is 12.3. The van der Waals surface area contributed by atoms with Crippen LogP contribution < -0.4 is 10.6 Å². The Bertz CT molecular complexity index is 945. The molecule has 0 bridgehead atoms. The van der Waals surface area contributed by atoms with Gasteiger partial charge in [0.25, 0.3) is 5.89 Å². The lowest BCUT2D eigenvalue weighted by Gasteiger charge is -2.32. The van der Waals surface area contributed by atoms with Gasteiger partial charge in [-0.2, -0.15) is 4.98 Å². The molecule has 0 atom stereocenters. The van der Waals surface area contributed by atoms with E-state index in [1.54, 1.807) is 4.90 Å². The van der Waals surface area contributed by atoms with E-state index in [-0.39, 0.29) is 13.4 Å². The second kappa shape index (κ2) is 8.66. The highest BCUT2D eigenvalue weighted by atomic mass is 16.6. The lowest BCUT2D eigenvalue weighted by molar-refractivity contribution is 0.0203. The fraction of sp³-hybridized carbons (Fsp3) is 0.545.